The molecule has 4 nitrogen and oxygen atoms in total. The van der Waals surface area contributed by atoms with E-state index in [0.717, 1.165) is 25.7 Å². The topological polar surface area (TPSA) is 61.7 Å². The van der Waals surface area contributed by atoms with Crippen molar-refractivity contribution in [3.05, 3.63) is 0 Å². The largest absolute Gasteiger partial charge is 0.389 e. The van der Waals surface area contributed by atoms with Crippen molar-refractivity contribution in [1.82, 2.24) is 5.32 Å². The highest BCUT2D eigenvalue weighted by Crippen LogP contribution is 2.26. The monoisotopic (exact) mass is 231 g/mol. The molecule has 0 spiro atoms. The average Bonchev–Trinajstić information content (AvgIpc) is 2.44. The molecule has 1 aliphatic rings. The predicted molar refractivity (Wildman–Crippen MR) is 63.4 cm³/mol. The first kappa shape index (κ1) is 13.9. The van der Waals surface area contributed by atoms with Crippen molar-refractivity contribution < 1.29 is 14.9 Å². The highest BCUT2D eigenvalue weighted by molar-refractivity contribution is 4.83. The summed E-state index contributed by atoms with van der Waals surface area (Å²) in [4.78, 5) is 0. The molecule has 96 valence electrons. The molecule has 1 atom stereocenters. The fraction of sp³-hybridized carbons (Fsp3) is 1.00. The molecule has 1 unspecified atom stereocenters. The number of hydrogen-bond acceptors (Lipinski definition) is 4. The third-order valence-electron chi connectivity index (χ3n) is 3.23. The predicted octanol–water partition coefficient (Wildman–Crippen LogP) is 0.669. The third kappa shape index (κ3) is 5.25. The second kappa shape index (κ2) is 7.22. The zero-order valence-electron chi connectivity index (χ0n) is 10.2. The minimum atomic E-state index is -0.566. The summed E-state index contributed by atoms with van der Waals surface area (Å²) in [5.74, 6) is 0. The Hall–Kier alpha value is -0.160. The molecular formula is C12H25NO3. The van der Waals surface area contributed by atoms with E-state index in [9.17, 15) is 10.2 Å². The molecule has 0 saturated heterocycles. The molecule has 0 aromatic heterocycles. The summed E-state index contributed by atoms with van der Waals surface area (Å²) in [6, 6.07) is 0. The number of ether oxygens (including phenoxy) is 1. The fourth-order valence-corrected chi connectivity index (χ4v) is 2.29. The summed E-state index contributed by atoms with van der Waals surface area (Å²) in [6.45, 7) is 1.40. The average molecular weight is 231 g/mol. The molecule has 1 rings (SSSR count). The minimum Gasteiger partial charge on any atom is -0.389 e. The van der Waals surface area contributed by atoms with Crippen LogP contribution in [-0.4, -0.2) is 48.7 Å². The van der Waals surface area contributed by atoms with Crippen LogP contribution >= 0.6 is 0 Å². The van der Waals surface area contributed by atoms with Gasteiger partial charge in [0, 0.05) is 20.2 Å². The highest BCUT2D eigenvalue weighted by atomic mass is 16.5. The van der Waals surface area contributed by atoms with Crippen LogP contribution < -0.4 is 5.32 Å². The van der Waals surface area contributed by atoms with Gasteiger partial charge in [0.25, 0.3) is 0 Å². The van der Waals surface area contributed by atoms with Crippen LogP contribution in [0, 0.1) is 0 Å². The van der Waals surface area contributed by atoms with Crippen molar-refractivity contribution in [1.29, 1.82) is 0 Å². The Labute approximate surface area is 98.0 Å². The van der Waals surface area contributed by atoms with E-state index in [-0.39, 0.29) is 0 Å². The van der Waals surface area contributed by atoms with Crippen molar-refractivity contribution in [2.75, 3.05) is 26.8 Å². The lowest BCUT2D eigenvalue weighted by atomic mass is 9.94. The normalized spacial score (nSPS) is 22.7. The third-order valence-corrected chi connectivity index (χ3v) is 3.23. The Kier molecular flexibility index (Phi) is 6.28. The van der Waals surface area contributed by atoms with Crippen LogP contribution in [0.1, 0.15) is 38.5 Å². The molecule has 0 radical (unpaired) electrons. The first-order valence-corrected chi connectivity index (χ1v) is 6.26. The summed E-state index contributed by atoms with van der Waals surface area (Å²) in [5.41, 5.74) is -0.566. The lowest BCUT2D eigenvalue weighted by Crippen LogP contribution is -2.43. The smallest absolute Gasteiger partial charge is 0.0897 e. The van der Waals surface area contributed by atoms with Gasteiger partial charge in [-0.05, 0) is 12.8 Å². The summed E-state index contributed by atoms with van der Waals surface area (Å²) < 4.78 is 4.84. The summed E-state index contributed by atoms with van der Waals surface area (Å²) in [6.07, 6.45) is 5.95. The molecular weight excluding hydrogens is 206 g/mol. The molecule has 1 saturated carbocycles. The summed E-state index contributed by atoms with van der Waals surface area (Å²) >= 11 is 0. The van der Waals surface area contributed by atoms with E-state index in [1.54, 1.807) is 7.11 Å². The van der Waals surface area contributed by atoms with Gasteiger partial charge in [0.1, 0.15) is 0 Å². The van der Waals surface area contributed by atoms with Gasteiger partial charge >= 0.3 is 0 Å². The SMILES string of the molecule is COCC(O)CNCC1(O)CCCCCC1. The standard InChI is InChI=1S/C12H25NO3/c1-16-9-11(14)8-13-10-12(15)6-4-2-3-5-7-12/h11,13-15H,2-10H2,1H3. The Balaban J connectivity index is 2.19. The molecule has 0 aliphatic heterocycles. The lowest BCUT2D eigenvalue weighted by Gasteiger charge is -2.27. The molecule has 1 fully saturated rings. The number of rotatable bonds is 6. The summed E-state index contributed by atoms with van der Waals surface area (Å²) in [7, 11) is 1.57. The molecule has 16 heavy (non-hydrogen) atoms. The Bertz CT molecular complexity index is 179. The number of aliphatic hydroxyl groups excluding tert-OH is 1. The first-order valence-electron chi connectivity index (χ1n) is 6.26. The maximum Gasteiger partial charge on any atom is 0.0897 e. The maximum atomic E-state index is 10.3. The van der Waals surface area contributed by atoms with E-state index in [2.05, 4.69) is 5.32 Å². The molecule has 0 heterocycles. The van der Waals surface area contributed by atoms with E-state index < -0.39 is 11.7 Å². The second-order valence-corrected chi connectivity index (χ2v) is 4.88. The van der Waals surface area contributed by atoms with Crippen LogP contribution in [-0.2, 0) is 4.74 Å². The van der Waals surface area contributed by atoms with E-state index >= 15 is 0 Å². The molecule has 0 amide bonds. The van der Waals surface area contributed by atoms with Gasteiger partial charge in [-0.15, -0.1) is 0 Å². The van der Waals surface area contributed by atoms with Crippen LogP contribution in [0.4, 0.5) is 0 Å². The van der Waals surface area contributed by atoms with Crippen molar-refractivity contribution in [2.45, 2.75) is 50.2 Å². The molecule has 4 heteroatoms. The van der Waals surface area contributed by atoms with Gasteiger partial charge < -0.3 is 20.3 Å². The van der Waals surface area contributed by atoms with Gasteiger partial charge in [-0.25, -0.2) is 0 Å². The number of aliphatic hydroxyl groups is 2. The number of nitrogens with one attached hydrogen (secondary N) is 1. The van der Waals surface area contributed by atoms with Gasteiger partial charge in [0.05, 0.1) is 18.3 Å². The van der Waals surface area contributed by atoms with Gasteiger partial charge in [0.15, 0.2) is 0 Å². The van der Waals surface area contributed by atoms with Crippen LogP contribution in [0.25, 0.3) is 0 Å². The van der Waals surface area contributed by atoms with E-state index in [0.29, 0.717) is 19.7 Å². The van der Waals surface area contributed by atoms with E-state index in [1.165, 1.54) is 12.8 Å². The zero-order valence-corrected chi connectivity index (χ0v) is 10.2. The Morgan fingerprint density at radius 2 is 1.88 bits per heavy atom. The molecule has 3 N–H and O–H groups in total. The van der Waals surface area contributed by atoms with Crippen molar-refractivity contribution in [2.24, 2.45) is 0 Å². The van der Waals surface area contributed by atoms with Crippen LogP contribution in [0.15, 0.2) is 0 Å². The molecule has 0 aromatic rings. The maximum absolute atomic E-state index is 10.3. The summed E-state index contributed by atoms with van der Waals surface area (Å²) in [5, 5.41) is 22.9. The van der Waals surface area contributed by atoms with Crippen molar-refractivity contribution in [3.8, 4) is 0 Å². The van der Waals surface area contributed by atoms with Crippen LogP contribution in [0.3, 0.4) is 0 Å². The van der Waals surface area contributed by atoms with E-state index in [4.69, 9.17) is 4.74 Å². The van der Waals surface area contributed by atoms with E-state index in [1.807, 2.05) is 0 Å². The minimum absolute atomic E-state index is 0.339. The van der Waals surface area contributed by atoms with Crippen LogP contribution in [0.2, 0.25) is 0 Å². The molecule has 0 aromatic carbocycles. The number of methoxy groups -OCH3 is 1. The second-order valence-electron chi connectivity index (χ2n) is 4.88. The Morgan fingerprint density at radius 3 is 2.44 bits per heavy atom. The first-order chi connectivity index (χ1) is 7.66. The quantitative estimate of drug-likeness (QED) is 0.588. The molecule has 0 bridgehead atoms. The van der Waals surface area contributed by atoms with Crippen molar-refractivity contribution >= 4 is 0 Å². The fourth-order valence-electron chi connectivity index (χ4n) is 2.29. The lowest BCUT2D eigenvalue weighted by molar-refractivity contribution is 0.0173. The Morgan fingerprint density at radius 1 is 1.25 bits per heavy atom. The highest BCUT2D eigenvalue weighted by Gasteiger charge is 2.27. The zero-order chi connectivity index (χ0) is 11.9. The van der Waals surface area contributed by atoms with Gasteiger partial charge in [-0.1, -0.05) is 25.7 Å². The van der Waals surface area contributed by atoms with Crippen LogP contribution in [0.5, 0.6) is 0 Å². The van der Waals surface area contributed by atoms with Crippen molar-refractivity contribution in [3.63, 3.8) is 0 Å². The van der Waals surface area contributed by atoms with Gasteiger partial charge in [0.2, 0.25) is 0 Å². The van der Waals surface area contributed by atoms with Gasteiger partial charge in [-0.3, -0.25) is 0 Å². The number of hydrogen-bond donors (Lipinski definition) is 3. The van der Waals surface area contributed by atoms with Gasteiger partial charge in [-0.2, -0.15) is 0 Å². The molecule has 1 aliphatic carbocycles.